The molecule has 1 aliphatic carbocycles. The molecule has 2 rings (SSSR count). The van der Waals surface area contributed by atoms with Gasteiger partial charge in [0.05, 0.1) is 0 Å². The summed E-state index contributed by atoms with van der Waals surface area (Å²) >= 11 is 0. The van der Waals surface area contributed by atoms with Crippen LogP contribution in [0.3, 0.4) is 0 Å². The van der Waals surface area contributed by atoms with Gasteiger partial charge in [-0.2, -0.15) is 0 Å². The lowest BCUT2D eigenvalue weighted by molar-refractivity contribution is 0.240. The van der Waals surface area contributed by atoms with Crippen molar-refractivity contribution in [1.29, 1.82) is 0 Å². The summed E-state index contributed by atoms with van der Waals surface area (Å²) in [7, 11) is 0. The molecule has 1 aromatic rings. The number of hydrogen-bond donors (Lipinski definition) is 1. The van der Waals surface area contributed by atoms with E-state index in [1.807, 2.05) is 12.1 Å². The SMILES string of the molecule is C[C@H](NCc1ccc(F)cc1)C1CCC1.Cl. The predicted molar refractivity (Wildman–Crippen MR) is 67.3 cm³/mol. The summed E-state index contributed by atoms with van der Waals surface area (Å²) in [6, 6.07) is 7.31. The Morgan fingerprint density at radius 2 is 1.94 bits per heavy atom. The van der Waals surface area contributed by atoms with Gasteiger partial charge in [0.25, 0.3) is 0 Å². The van der Waals surface area contributed by atoms with Gasteiger partial charge in [-0.3, -0.25) is 0 Å². The van der Waals surface area contributed by atoms with Gasteiger partial charge in [-0.1, -0.05) is 18.6 Å². The molecule has 1 nitrogen and oxygen atoms in total. The quantitative estimate of drug-likeness (QED) is 0.853. The summed E-state index contributed by atoms with van der Waals surface area (Å²) in [5.41, 5.74) is 1.16. The summed E-state index contributed by atoms with van der Waals surface area (Å²) < 4.78 is 12.7. The fourth-order valence-electron chi connectivity index (χ4n) is 1.99. The van der Waals surface area contributed by atoms with E-state index in [9.17, 15) is 4.39 Å². The fourth-order valence-corrected chi connectivity index (χ4v) is 1.99. The first-order valence-corrected chi connectivity index (χ1v) is 5.73. The monoisotopic (exact) mass is 243 g/mol. The van der Waals surface area contributed by atoms with E-state index in [0.29, 0.717) is 6.04 Å². The van der Waals surface area contributed by atoms with Gasteiger partial charge >= 0.3 is 0 Å². The average Bonchev–Trinajstić information content (AvgIpc) is 2.14. The zero-order chi connectivity index (χ0) is 10.7. The first-order chi connectivity index (χ1) is 7.25. The Balaban J connectivity index is 0.00000128. The molecule has 0 bridgehead atoms. The Hall–Kier alpha value is -0.600. The molecule has 1 fully saturated rings. The van der Waals surface area contributed by atoms with Crippen LogP contribution in [0.4, 0.5) is 4.39 Å². The highest BCUT2D eigenvalue weighted by atomic mass is 35.5. The standard InChI is InChI=1S/C13H18FN.ClH/c1-10(12-3-2-4-12)15-9-11-5-7-13(14)8-6-11;/h5-8,10,12,15H,2-4,9H2,1H3;1H/t10-;/m0./s1. The van der Waals surface area contributed by atoms with Crippen molar-refractivity contribution in [3.8, 4) is 0 Å². The van der Waals surface area contributed by atoms with Gasteiger partial charge in [-0.15, -0.1) is 12.4 Å². The van der Waals surface area contributed by atoms with Crippen molar-refractivity contribution in [2.75, 3.05) is 0 Å². The summed E-state index contributed by atoms with van der Waals surface area (Å²) in [6.45, 7) is 3.09. The third kappa shape index (κ3) is 3.46. The zero-order valence-electron chi connectivity index (χ0n) is 9.58. The molecule has 1 atom stereocenters. The second kappa shape index (κ2) is 6.21. The van der Waals surface area contributed by atoms with Crippen LogP contribution in [0, 0.1) is 11.7 Å². The van der Waals surface area contributed by atoms with E-state index < -0.39 is 0 Å². The Bertz CT molecular complexity index is 308. The lowest BCUT2D eigenvalue weighted by Crippen LogP contribution is -2.36. The smallest absolute Gasteiger partial charge is 0.123 e. The van der Waals surface area contributed by atoms with E-state index in [2.05, 4.69) is 12.2 Å². The molecule has 16 heavy (non-hydrogen) atoms. The zero-order valence-corrected chi connectivity index (χ0v) is 10.4. The summed E-state index contributed by atoms with van der Waals surface area (Å²) in [5, 5.41) is 3.50. The second-order valence-corrected chi connectivity index (χ2v) is 4.49. The van der Waals surface area contributed by atoms with Crippen LogP contribution in [0.2, 0.25) is 0 Å². The van der Waals surface area contributed by atoms with E-state index >= 15 is 0 Å². The number of nitrogens with one attached hydrogen (secondary N) is 1. The predicted octanol–water partition coefficient (Wildman–Crippen LogP) is 3.53. The van der Waals surface area contributed by atoms with E-state index in [1.165, 1.54) is 31.4 Å². The first kappa shape index (κ1) is 13.5. The lowest BCUT2D eigenvalue weighted by atomic mass is 9.80. The highest BCUT2D eigenvalue weighted by Crippen LogP contribution is 2.29. The van der Waals surface area contributed by atoms with E-state index in [1.54, 1.807) is 0 Å². The van der Waals surface area contributed by atoms with Gasteiger partial charge in [0, 0.05) is 12.6 Å². The van der Waals surface area contributed by atoms with Gasteiger partial charge in [0.15, 0.2) is 0 Å². The van der Waals surface area contributed by atoms with Crippen molar-refractivity contribution in [2.45, 2.75) is 38.8 Å². The van der Waals surface area contributed by atoms with Crippen molar-refractivity contribution >= 4 is 12.4 Å². The highest BCUT2D eigenvalue weighted by Gasteiger charge is 2.23. The van der Waals surface area contributed by atoms with Gasteiger partial charge in [0.1, 0.15) is 5.82 Å². The van der Waals surface area contributed by atoms with Crippen LogP contribution in [-0.4, -0.2) is 6.04 Å². The van der Waals surface area contributed by atoms with Crippen LogP contribution in [-0.2, 0) is 6.54 Å². The maximum absolute atomic E-state index is 12.7. The van der Waals surface area contributed by atoms with Crippen LogP contribution in [0.25, 0.3) is 0 Å². The number of rotatable bonds is 4. The summed E-state index contributed by atoms with van der Waals surface area (Å²) in [5.74, 6) is 0.691. The van der Waals surface area contributed by atoms with Crippen molar-refractivity contribution in [1.82, 2.24) is 5.32 Å². The largest absolute Gasteiger partial charge is 0.310 e. The van der Waals surface area contributed by atoms with Crippen LogP contribution in [0.15, 0.2) is 24.3 Å². The third-order valence-electron chi connectivity index (χ3n) is 3.40. The average molecular weight is 244 g/mol. The van der Waals surface area contributed by atoms with Crippen molar-refractivity contribution in [3.05, 3.63) is 35.6 Å². The molecular formula is C13H19ClFN. The van der Waals surface area contributed by atoms with Crippen LogP contribution in [0.1, 0.15) is 31.7 Å². The van der Waals surface area contributed by atoms with Gasteiger partial charge in [0.2, 0.25) is 0 Å². The second-order valence-electron chi connectivity index (χ2n) is 4.49. The Kier molecular flexibility index (Phi) is 5.23. The molecule has 0 heterocycles. The molecule has 1 aliphatic rings. The molecule has 0 amide bonds. The lowest BCUT2D eigenvalue weighted by Gasteiger charge is -2.32. The molecule has 1 saturated carbocycles. The van der Waals surface area contributed by atoms with Crippen molar-refractivity contribution in [3.63, 3.8) is 0 Å². The number of hydrogen-bond acceptors (Lipinski definition) is 1. The number of benzene rings is 1. The molecular weight excluding hydrogens is 225 g/mol. The first-order valence-electron chi connectivity index (χ1n) is 5.73. The molecule has 0 spiro atoms. The molecule has 0 unspecified atom stereocenters. The molecule has 0 saturated heterocycles. The maximum atomic E-state index is 12.7. The van der Waals surface area contributed by atoms with Gasteiger partial charge in [-0.25, -0.2) is 4.39 Å². The van der Waals surface area contributed by atoms with E-state index in [-0.39, 0.29) is 18.2 Å². The Morgan fingerprint density at radius 3 is 2.44 bits per heavy atom. The molecule has 0 radical (unpaired) electrons. The summed E-state index contributed by atoms with van der Waals surface area (Å²) in [4.78, 5) is 0. The molecule has 0 aromatic heterocycles. The highest BCUT2D eigenvalue weighted by molar-refractivity contribution is 5.85. The molecule has 3 heteroatoms. The van der Waals surface area contributed by atoms with Crippen LogP contribution in [0.5, 0.6) is 0 Å². The minimum absolute atomic E-state index is 0. The molecule has 1 aromatic carbocycles. The maximum Gasteiger partial charge on any atom is 0.123 e. The van der Waals surface area contributed by atoms with Crippen molar-refractivity contribution < 1.29 is 4.39 Å². The minimum atomic E-state index is -0.161. The van der Waals surface area contributed by atoms with E-state index in [4.69, 9.17) is 0 Å². The topological polar surface area (TPSA) is 12.0 Å². The molecule has 90 valence electrons. The van der Waals surface area contributed by atoms with Crippen molar-refractivity contribution in [2.24, 2.45) is 5.92 Å². The third-order valence-corrected chi connectivity index (χ3v) is 3.40. The minimum Gasteiger partial charge on any atom is -0.310 e. The van der Waals surface area contributed by atoms with Gasteiger partial charge in [-0.05, 0) is 43.4 Å². The van der Waals surface area contributed by atoms with Crippen LogP contribution >= 0.6 is 12.4 Å². The Labute approximate surface area is 103 Å². The van der Waals surface area contributed by atoms with Crippen LogP contribution < -0.4 is 5.32 Å². The van der Waals surface area contributed by atoms with Gasteiger partial charge < -0.3 is 5.32 Å². The normalized spacial score (nSPS) is 17.4. The number of halogens is 2. The molecule has 0 aliphatic heterocycles. The van der Waals surface area contributed by atoms with E-state index in [0.717, 1.165) is 18.0 Å². The summed E-state index contributed by atoms with van der Waals surface area (Å²) in [6.07, 6.45) is 4.10. The Morgan fingerprint density at radius 1 is 1.31 bits per heavy atom. The molecule has 1 N–H and O–H groups in total. The fraction of sp³-hybridized carbons (Fsp3) is 0.538.